The van der Waals surface area contributed by atoms with Gasteiger partial charge in [-0.05, 0) is 67.5 Å². The maximum absolute atomic E-state index is 12.3. The Labute approximate surface area is 139 Å². The van der Waals surface area contributed by atoms with E-state index in [2.05, 4.69) is 10.6 Å². The van der Waals surface area contributed by atoms with Gasteiger partial charge in [-0.3, -0.25) is 4.79 Å². The van der Waals surface area contributed by atoms with Gasteiger partial charge in [0.05, 0.1) is 0 Å². The van der Waals surface area contributed by atoms with E-state index in [0.29, 0.717) is 10.6 Å². The van der Waals surface area contributed by atoms with Crippen molar-refractivity contribution in [1.29, 1.82) is 0 Å². The number of amides is 1. The van der Waals surface area contributed by atoms with Gasteiger partial charge in [0.25, 0.3) is 5.91 Å². The standard InChI is InChI=1S/C16H16ClN3OS/c1-9-6-13(19-16(18)22)7-10(2)14(9)20-15(21)11-4-3-5-12(17)8-11/h3-8H,1-2H3,(H,20,21)(H3,18,19,22). The maximum Gasteiger partial charge on any atom is 0.255 e. The molecule has 0 saturated heterocycles. The molecular weight excluding hydrogens is 318 g/mol. The van der Waals surface area contributed by atoms with Crippen LogP contribution in [0.2, 0.25) is 5.02 Å². The molecule has 2 rings (SSSR count). The molecule has 114 valence electrons. The smallest absolute Gasteiger partial charge is 0.255 e. The second-order valence-corrected chi connectivity index (χ2v) is 5.82. The average molecular weight is 334 g/mol. The first-order valence-electron chi connectivity index (χ1n) is 6.61. The lowest BCUT2D eigenvalue weighted by atomic mass is 10.1. The molecule has 2 aromatic carbocycles. The number of hydrogen-bond acceptors (Lipinski definition) is 2. The third kappa shape index (κ3) is 3.96. The lowest BCUT2D eigenvalue weighted by Crippen LogP contribution is -2.19. The first kappa shape index (κ1) is 16.3. The van der Waals surface area contributed by atoms with Crippen LogP contribution in [0.25, 0.3) is 0 Å². The highest BCUT2D eigenvalue weighted by Crippen LogP contribution is 2.25. The minimum absolute atomic E-state index is 0.203. The zero-order valence-corrected chi connectivity index (χ0v) is 13.8. The first-order chi connectivity index (χ1) is 10.4. The van der Waals surface area contributed by atoms with Gasteiger partial charge in [-0.15, -0.1) is 0 Å². The number of carbonyl (C=O) groups is 1. The second-order valence-electron chi connectivity index (χ2n) is 4.94. The van der Waals surface area contributed by atoms with Crippen molar-refractivity contribution in [2.24, 2.45) is 5.73 Å². The Morgan fingerprint density at radius 3 is 2.32 bits per heavy atom. The van der Waals surface area contributed by atoms with Crippen LogP contribution in [0.3, 0.4) is 0 Å². The van der Waals surface area contributed by atoms with Gasteiger partial charge in [-0.2, -0.15) is 0 Å². The molecule has 0 saturated carbocycles. The Hall–Kier alpha value is -2.11. The predicted octanol–water partition coefficient (Wildman–Crippen LogP) is 3.86. The highest BCUT2D eigenvalue weighted by Gasteiger charge is 2.11. The number of hydrogen-bond donors (Lipinski definition) is 3. The largest absolute Gasteiger partial charge is 0.376 e. The van der Waals surface area contributed by atoms with Crippen LogP contribution >= 0.6 is 23.8 Å². The van der Waals surface area contributed by atoms with Crippen LogP contribution in [0, 0.1) is 13.8 Å². The number of anilines is 2. The van der Waals surface area contributed by atoms with Crippen molar-refractivity contribution in [3.63, 3.8) is 0 Å². The molecule has 22 heavy (non-hydrogen) atoms. The number of carbonyl (C=O) groups excluding carboxylic acids is 1. The zero-order valence-electron chi connectivity index (χ0n) is 12.2. The third-order valence-corrected chi connectivity index (χ3v) is 3.46. The number of halogens is 1. The zero-order chi connectivity index (χ0) is 16.3. The number of aryl methyl sites for hydroxylation is 2. The minimum Gasteiger partial charge on any atom is -0.376 e. The fourth-order valence-corrected chi connectivity index (χ4v) is 2.50. The second kappa shape index (κ2) is 6.77. The SMILES string of the molecule is Cc1cc(NC(N)=S)cc(C)c1NC(=O)c1cccc(Cl)c1. The Bertz CT molecular complexity index is 723. The van der Waals surface area contributed by atoms with Crippen molar-refractivity contribution in [2.45, 2.75) is 13.8 Å². The lowest BCUT2D eigenvalue weighted by Gasteiger charge is -2.14. The van der Waals surface area contributed by atoms with E-state index in [1.807, 2.05) is 26.0 Å². The van der Waals surface area contributed by atoms with Crippen LogP contribution in [-0.2, 0) is 0 Å². The molecule has 0 bridgehead atoms. The van der Waals surface area contributed by atoms with Gasteiger partial charge in [-0.1, -0.05) is 17.7 Å². The highest BCUT2D eigenvalue weighted by molar-refractivity contribution is 7.80. The van der Waals surface area contributed by atoms with Crippen LogP contribution < -0.4 is 16.4 Å². The van der Waals surface area contributed by atoms with E-state index in [9.17, 15) is 4.79 Å². The number of nitrogens with one attached hydrogen (secondary N) is 2. The molecule has 0 unspecified atom stereocenters. The van der Waals surface area contributed by atoms with Crippen LogP contribution in [0.4, 0.5) is 11.4 Å². The summed E-state index contributed by atoms with van der Waals surface area (Å²) in [7, 11) is 0. The summed E-state index contributed by atoms with van der Waals surface area (Å²) < 4.78 is 0. The molecule has 0 heterocycles. The van der Waals surface area contributed by atoms with Crippen molar-refractivity contribution in [3.8, 4) is 0 Å². The molecule has 0 atom stereocenters. The molecule has 2 aromatic rings. The topological polar surface area (TPSA) is 67.2 Å². The van der Waals surface area contributed by atoms with E-state index < -0.39 is 0 Å². The fraction of sp³-hybridized carbons (Fsp3) is 0.125. The molecule has 0 spiro atoms. The molecule has 1 amide bonds. The average Bonchev–Trinajstić information content (AvgIpc) is 2.42. The summed E-state index contributed by atoms with van der Waals surface area (Å²) in [5.41, 5.74) is 9.36. The highest BCUT2D eigenvalue weighted by atomic mass is 35.5. The number of rotatable bonds is 3. The van der Waals surface area contributed by atoms with Crippen LogP contribution in [-0.4, -0.2) is 11.0 Å². The van der Waals surface area contributed by atoms with E-state index in [0.717, 1.165) is 22.5 Å². The van der Waals surface area contributed by atoms with E-state index in [1.54, 1.807) is 24.3 Å². The Morgan fingerprint density at radius 1 is 1.14 bits per heavy atom. The van der Waals surface area contributed by atoms with Crippen molar-refractivity contribution < 1.29 is 4.79 Å². The Balaban J connectivity index is 2.26. The molecule has 4 N–H and O–H groups in total. The van der Waals surface area contributed by atoms with Crippen molar-refractivity contribution >= 4 is 46.2 Å². The molecule has 0 aliphatic rings. The van der Waals surface area contributed by atoms with E-state index in [1.165, 1.54) is 0 Å². The van der Waals surface area contributed by atoms with E-state index in [4.69, 9.17) is 29.6 Å². The molecule has 0 fully saturated rings. The minimum atomic E-state index is -0.205. The summed E-state index contributed by atoms with van der Waals surface area (Å²) in [6.07, 6.45) is 0. The molecular formula is C16H16ClN3OS. The predicted molar refractivity (Wildman–Crippen MR) is 95.7 cm³/mol. The van der Waals surface area contributed by atoms with Crippen LogP contribution in [0.1, 0.15) is 21.5 Å². The van der Waals surface area contributed by atoms with Crippen LogP contribution in [0.5, 0.6) is 0 Å². The first-order valence-corrected chi connectivity index (χ1v) is 7.40. The van der Waals surface area contributed by atoms with Crippen molar-refractivity contribution in [2.75, 3.05) is 10.6 Å². The van der Waals surface area contributed by atoms with Gasteiger partial charge in [0.15, 0.2) is 5.11 Å². The normalized spacial score (nSPS) is 10.1. The van der Waals surface area contributed by atoms with Crippen molar-refractivity contribution in [3.05, 3.63) is 58.1 Å². The Morgan fingerprint density at radius 2 is 1.77 bits per heavy atom. The summed E-state index contributed by atoms with van der Waals surface area (Å²) >= 11 is 10.7. The molecule has 4 nitrogen and oxygen atoms in total. The maximum atomic E-state index is 12.3. The number of nitrogens with two attached hydrogens (primary N) is 1. The molecule has 0 aromatic heterocycles. The number of benzene rings is 2. The quantitative estimate of drug-likeness (QED) is 0.746. The fourth-order valence-electron chi connectivity index (χ4n) is 2.19. The third-order valence-electron chi connectivity index (χ3n) is 3.13. The van der Waals surface area contributed by atoms with Gasteiger partial charge in [0, 0.05) is 22.0 Å². The van der Waals surface area contributed by atoms with Gasteiger partial charge in [-0.25, -0.2) is 0 Å². The summed E-state index contributed by atoms with van der Waals surface area (Å²) in [5, 5.41) is 6.53. The summed E-state index contributed by atoms with van der Waals surface area (Å²) in [6.45, 7) is 3.82. The monoisotopic (exact) mass is 333 g/mol. The molecule has 0 radical (unpaired) electrons. The Kier molecular flexibility index (Phi) is 5.00. The number of thiocarbonyl (C=S) groups is 1. The molecule has 6 heteroatoms. The van der Waals surface area contributed by atoms with E-state index >= 15 is 0 Å². The van der Waals surface area contributed by atoms with Crippen molar-refractivity contribution in [1.82, 2.24) is 0 Å². The lowest BCUT2D eigenvalue weighted by molar-refractivity contribution is 0.102. The van der Waals surface area contributed by atoms with E-state index in [-0.39, 0.29) is 11.0 Å². The van der Waals surface area contributed by atoms with Gasteiger partial charge in [0.2, 0.25) is 0 Å². The van der Waals surface area contributed by atoms with Gasteiger partial charge >= 0.3 is 0 Å². The molecule has 0 aliphatic heterocycles. The van der Waals surface area contributed by atoms with Gasteiger partial charge in [0.1, 0.15) is 0 Å². The summed E-state index contributed by atoms with van der Waals surface area (Å²) in [4.78, 5) is 12.3. The van der Waals surface area contributed by atoms with Crippen LogP contribution in [0.15, 0.2) is 36.4 Å². The summed E-state index contributed by atoms with van der Waals surface area (Å²) in [5.74, 6) is -0.205. The molecule has 0 aliphatic carbocycles. The summed E-state index contributed by atoms with van der Waals surface area (Å²) in [6, 6.07) is 10.6. The van der Waals surface area contributed by atoms with Gasteiger partial charge < -0.3 is 16.4 Å².